The number of amides is 1. The summed E-state index contributed by atoms with van der Waals surface area (Å²) < 4.78 is 4.73. The fourth-order valence-corrected chi connectivity index (χ4v) is 3.02. The summed E-state index contributed by atoms with van der Waals surface area (Å²) in [6.07, 6.45) is 4.41. The molecule has 8 heteroatoms. The van der Waals surface area contributed by atoms with E-state index in [0.717, 1.165) is 23.9 Å². The highest BCUT2D eigenvalue weighted by atomic mass is 16.6. The van der Waals surface area contributed by atoms with Crippen LogP contribution in [0.15, 0.2) is 30.6 Å². The Kier molecular flexibility index (Phi) is 4.45. The van der Waals surface area contributed by atoms with Crippen LogP contribution in [0.4, 0.5) is 16.2 Å². The summed E-state index contributed by atoms with van der Waals surface area (Å²) in [5.74, 6) is 0. The number of benzene rings is 1. The topological polar surface area (TPSA) is 97.6 Å². The predicted octanol–water partition coefficient (Wildman–Crippen LogP) is 2.79. The second-order valence-electron chi connectivity index (χ2n) is 5.69. The van der Waals surface area contributed by atoms with Gasteiger partial charge in [-0.25, -0.2) is 4.79 Å². The highest BCUT2D eigenvalue weighted by molar-refractivity contribution is 5.99. The van der Waals surface area contributed by atoms with Crippen molar-refractivity contribution < 1.29 is 14.5 Å². The van der Waals surface area contributed by atoms with Crippen LogP contribution < -0.4 is 5.32 Å². The van der Waals surface area contributed by atoms with Gasteiger partial charge in [0.1, 0.15) is 0 Å². The van der Waals surface area contributed by atoms with Gasteiger partial charge >= 0.3 is 6.09 Å². The first kappa shape index (κ1) is 16.0. The molecule has 2 aromatic rings. The largest absolute Gasteiger partial charge is 0.453 e. The maximum absolute atomic E-state index is 11.5. The third kappa shape index (κ3) is 3.08. The van der Waals surface area contributed by atoms with E-state index in [-0.39, 0.29) is 17.8 Å². The van der Waals surface area contributed by atoms with Crippen molar-refractivity contribution in [2.45, 2.75) is 18.9 Å². The van der Waals surface area contributed by atoms with Crippen molar-refractivity contribution in [3.05, 3.63) is 40.7 Å². The van der Waals surface area contributed by atoms with Crippen molar-refractivity contribution in [1.29, 1.82) is 0 Å². The van der Waals surface area contributed by atoms with Crippen molar-refractivity contribution in [3.63, 3.8) is 0 Å². The number of nitro groups is 1. The number of aromatic nitrogens is 1. The molecule has 1 aromatic carbocycles. The van der Waals surface area contributed by atoms with E-state index in [9.17, 15) is 14.9 Å². The van der Waals surface area contributed by atoms with Gasteiger partial charge in [-0.05, 0) is 25.0 Å². The number of ether oxygens (including phenoxy) is 1. The van der Waals surface area contributed by atoms with Crippen LogP contribution in [0.2, 0.25) is 0 Å². The van der Waals surface area contributed by atoms with Crippen LogP contribution in [0, 0.1) is 10.1 Å². The first-order valence-electron chi connectivity index (χ1n) is 7.70. The number of fused-ring (bicyclic) bond motifs is 1. The molecule has 0 aliphatic carbocycles. The zero-order valence-corrected chi connectivity index (χ0v) is 13.3. The number of nitro benzene ring substituents is 1. The minimum Gasteiger partial charge on any atom is -0.453 e. The molecule has 8 nitrogen and oxygen atoms in total. The van der Waals surface area contributed by atoms with Crippen LogP contribution >= 0.6 is 0 Å². The number of likely N-dealkylation sites (tertiary alicyclic amines) is 1. The lowest BCUT2D eigenvalue weighted by atomic mass is 10.0. The van der Waals surface area contributed by atoms with Gasteiger partial charge in [-0.1, -0.05) is 0 Å². The normalized spacial score (nSPS) is 15.3. The maximum Gasteiger partial charge on any atom is 0.409 e. The highest BCUT2D eigenvalue weighted by Gasteiger charge is 2.24. The molecule has 1 N–H and O–H groups in total. The zero-order valence-electron chi connectivity index (χ0n) is 13.3. The molecule has 3 rings (SSSR count). The summed E-state index contributed by atoms with van der Waals surface area (Å²) in [7, 11) is 1.38. The number of non-ortho nitro benzene ring substituents is 1. The Morgan fingerprint density at radius 2 is 2.08 bits per heavy atom. The highest BCUT2D eigenvalue weighted by Crippen LogP contribution is 2.31. The van der Waals surface area contributed by atoms with Gasteiger partial charge in [0.25, 0.3) is 5.69 Å². The van der Waals surface area contributed by atoms with Crippen molar-refractivity contribution in [2.24, 2.45) is 0 Å². The van der Waals surface area contributed by atoms with Crippen LogP contribution in [0.1, 0.15) is 12.8 Å². The Morgan fingerprint density at radius 1 is 1.33 bits per heavy atom. The summed E-state index contributed by atoms with van der Waals surface area (Å²) in [6, 6.07) is 5.20. The molecule has 24 heavy (non-hydrogen) atoms. The third-order valence-corrected chi connectivity index (χ3v) is 4.28. The number of rotatable bonds is 3. The van der Waals surface area contributed by atoms with Crippen molar-refractivity contribution in [1.82, 2.24) is 9.88 Å². The van der Waals surface area contributed by atoms with Crippen LogP contribution in [0.25, 0.3) is 10.8 Å². The lowest BCUT2D eigenvalue weighted by Crippen LogP contribution is -2.42. The monoisotopic (exact) mass is 330 g/mol. The molecule has 1 amide bonds. The molecule has 1 aliphatic heterocycles. The average molecular weight is 330 g/mol. The molecular weight excluding hydrogens is 312 g/mol. The first-order valence-corrected chi connectivity index (χ1v) is 7.70. The van der Waals surface area contributed by atoms with Crippen LogP contribution in [-0.2, 0) is 4.74 Å². The average Bonchev–Trinajstić information content (AvgIpc) is 2.61. The summed E-state index contributed by atoms with van der Waals surface area (Å²) >= 11 is 0. The van der Waals surface area contributed by atoms with E-state index in [0.29, 0.717) is 18.5 Å². The molecule has 2 heterocycles. The molecule has 0 saturated carbocycles. The van der Waals surface area contributed by atoms with Gasteiger partial charge in [0.2, 0.25) is 0 Å². The lowest BCUT2D eigenvalue weighted by molar-refractivity contribution is -0.383. The van der Waals surface area contributed by atoms with E-state index in [4.69, 9.17) is 4.74 Å². The molecule has 1 aliphatic rings. The number of nitrogens with one attached hydrogen (secondary N) is 1. The van der Waals surface area contributed by atoms with Crippen molar-refractivity contribution in [2.75, 3.05) is 25.5 Å². The Morgan fingerprint density at radius 3 is 2.75 bits per heavy atom. The molecule has 0 atom stereocenters. The minimum atomic E-state index is -0.400. The van der Waals surface area contributed by atoms with Gasteiger partial charge in [0.05, 0.1) is 17.4 Å². The van der Waals surface area contributed by atoms with E-state index < -0.39 is 4.92 Å². The molecule has 0 bridgehead atoms. The Hall–Kier alpha value is -2.90. The Balaban J connectivity index is 1.78. The standard InChI is InChI=1S/C16H18N4O4/c1-24-16(21)19-8-5-11(6-9-19)18-14-2-3-15(20(22)23)13-10-17-7-4-12(13)14/h2-4,7,10-11,18H,5-6,8-9H2,1H3. The van der Waals surface area contributed by atoms with E-state index in [1.165, 1.54) is 19.4 Å². The number of carbonyl (C=O) groups is 1. The second-order valence-corrected chi connectivity index (χ2v) is 5.69. The Bertz CT molecular complexity index is 772. The summed E-state index contributed by atoms with van der Waals surface area (Å²) in [4.78, 5) is 27.9. The van der Waals surface area contributed by atoms with Gasteiger partial charge < -0.3 is 15.0 Å². The van der Waals surface area contributed by atoms with E-state index in [1.807, 2.05) is 0 Å². The lowest BCUT2D eigenvalue weighted by Gasteiger charge is -2.32. The number of carbonyl (C=O) groups excluding carboxylic acids is 1. The fraction of sp³-hybridized carbons (Fsp3) is 0.375. The quantitative estimate of drug-likeness (QED) is 0.686. The first-order chi connectivity index (χ1) is 11.6. The molecular formula is C16H18N4O4. The number of hydrogen-bond donors (Lipinski definition) is 1. The van der Waals surface area contributed by atoms with Crippen LogP contribution in [-0.4, -0.2) is 47.1 Å². The van der Waals surface area contributed by atoms with Gasteiger partial charge in [0, 0.05) is 48.7 Å². The molecule has 126 valence electrons. The minimum absolute atomic E-state index is 0.0455. The van der Waals surface area contributed by atoms with E-state index in [2.05, 4.69) is 10.3 Å². The van der Waals surface area contributed by atoms with Crippen LogP contribution in [0.5, 0.6) is 0 Å². The van der Waals surface area contributed by atoms with Gasteiger partial charge in [0.15, 0.2) is 0 Å². The summed E-state index contributed by atoms with van der Waals surface area (Å²) in [6.45, 7) is 1.24. The molecule has 0 spiro atoms. The molecule has 0 radical (unpaired) electrons. The number of hydrogen-bond acceptors (Lipinski definition) is 6. The number of pyridine rings is 1. The molecule has 1 aromatic heterocycles. The molecule has 0 unspecified atom stereocenters. The smallest absolute Gasteiger partial charge is 0.409 e. The van der Waals surface area contributed by atoms with Gasteiger partial charge in [-0.15, -0.1) is 0 Å². The van der Waals surface area contributed by atoms with Gasteiger partial charge in [-0.3, -0.25) is 15.1 Å². The van der Waals surface area contributed by atoms with Gasteiger partial charge in [-0.2, -0.15) is 0 Å². The number of methoxy groups -OCH3 is 1. The molecule has 1 fully saturated rings. The summed E-state index contributed by atoms with van der Waals surface area (Å²) in [5.41, 5.74) is 0.888. The Labute approximate surface area is 138 Å². The van der Waals surface area contributed by atoms with E-state index in [1.54, 1.807) is 23.2 Å². The number of anilines is 1. The number of piperidine rings is 1. The SMILES string of the molecule is COC(=O)N1CCC(Nc2ccc([N+](=O)[O-])c3cnccc23)CC1. The third-order valence-electron chi connectivity index (χ3n) is 4.28. The fourth-order valence-electron chi connectivity index (χ4n) is 3.02. The van der Waals surface area contributed by atoms with Crippen LogP contribution in [0.3, 0.4) is 0 Å². The van der Waals surface area contributed by atoms with Crippen molar-refractivity contribution >= 4 is 28.2 Å². The number of nitrogens with zero attached hydrogens (tertiary/aromatic N) is 3. The zero-order chi connectivity index (χ0) is 17.1. The van der Waals surface area contributed by atoms with Crippen molar-refractivity contribution in [3.8, 4) is 0 Å². The predicted molar refractivity (Wildman–Crippen MR) is 89.0 cm³/mol. The maximum atomic E-state index is 11.5. The summed E-state index contributed by atoms with van der Waals surface area (Å²) in [5, 5.41) is 15.9. The molecule has 1 saturated heterocycles. The second kappa shape index (κ2) is 6.69. The van der Waals surface area contributed by atoms with E-state index >= 15 is 0 Å².